The Morgan fingerprint density at radius 3 is 2.36 bits per heavy atom. The summed E-state index contributed by atoms with van der Waals surface area (Å²) in [5, 5.41) is 8.88. The van der Waals surface area contributed by atoms with E-state index >= 15 is 0 Å². The molecule has 0 bridgehead atoms. The molecule has 14 heavy (non-hydrogen) atoms. The minimum atomic E-state index is -1.83. The molecular weight excluding hydrogens is 233 g/mol. The third kappa shape index (κ3) is 2.60. The number of benzene rings is 1. The number of nitriles is 1. The van der Waals surface area contributed by atoms with Crippen LogP contribution in [0.3, 0.4) is 0 Å². The number of rotatable bonds is 2. The van der Waals surface area contributed by atoms with Gasteiger partial charge in [-0.2, -0.15) is 0 Å². The summed E-state index contributed by atoms with van der Waals surface area (Å²) in [7, 11) is 0. The maximum atomic E-state index is 8.88. The molecule has 0 aliphatic heterocycles. The quantitative estimate of drug-likeness (QED) is 0.808. The second-order valence-corrected chi connectivity index (χ2v) is 15.1. The zero-order valence-corrected chi connectivity index (χ0v) is 11.1. The van der Waals surface area contributed by atoms with Gasteiger partial charge in [-0.3, -0.25) is 0 Å². The summed E-state index contributed by atoms with van der Waals surface area (Å²) in [4.78, 5) is 0. The van der Waals surface area contributed by atoms with Crippen molar-refractivity contribution in [3.8, 4) is 6.07 Å². The molecule has 0 atom stereocenters. The standard InChI is InChI=1S/C11H16GeN2/c1-12(2,3)11-5-9(7-13)4-10(6-11)8-14/h4-6H,7,13H2,1-3H3. The molecule has 0 saturated carbocycles. The molecule has 0 saturated heterocycles. The topological polar surface area (TPSA) is 49.8 Å². The Hall–Kier alpha value is -0.787. The normalized spacial score (nSPS) is 11.1. The van der Waals surface area contributed by atoms with Crippen molar-refractivity contribution < 1.29 is 0 Å². The summed E-state index contributed by atoms with van der Waals surface area (Å²) < 4.78 is 1.35. The maximum absolute atomic E-state index is 8.88. The van der Waals surface area contributed by atoms with E-state index < -0.39 is 13.3 Å². The van der Waals surface area contributed by atoms with Gasteiger partial charge in [-0.15, -0.1) is 0 Å². The van der Waals surface area contributed by atoms with E-state index in [0.717, 1.165) is 11.1 Å². The van der Waals surface area contributed by atoms with Crippen LogP contribution in [0.1, 0.15) is 11.1 Å². The molecule has 0 unspecified atom stereocenters. The zero-order chi connectivity index (χ0) is 10.8. The summed E-state index contributed by atoms with van der Waals surface area (Å²) >= 11 is -1.83. The number of nitrogens with two attached hydrogens (primary N) is 1. The van der Waals surface area contributed by atoms with E-state index in [-0.39, 0.29) is 0 Å². The fourth-order valence-electron chi connectivity index (χ4n) is 1.31. The zero-order valence-electron chi connectivity index (χ0n) is 8.96. The first-order valence-corrected chi connectivity index (χ1v) is 12.1. The van der Waals surface area contributed by atoms with Crippen molar-refractivity contribution in [3.63, 3.8) is 0 Å². The van der Waals surface area contributed by atoms with Crippen LogP contribution >= 0.6 is 0 Å². The number of hydrogen-bond donors (Lipinski definition) is 1. The molecule has 0 fully saturated rings. The van der Waals surface area contributed by atoms with E-state index in [4.69, 9.17) is 11.0 Å². The van der Waals surface area contributed by atoms with Crippen LogP contribution in [0.15, 0.2) is 18.2 Å². The first kappa shape index (κ1) is 11.3. The van der Waals surface area contributed by atoms with E-state index in [2.05, 4.69) is 29.4 Å². The monoisotopic (exact) mass is 250 g/mol. The SMILES string of the molecule is [CH3][Ge]([CH3])([CH3])[c]1cc(C#N)cc(CN)c1. The van der Waals surface area contributed by atoms with Crippen LogP contribution in [0.4, 0.5) is 0 Å². The number of hydrogen-bond acceptors (Lipinski definition) is 2. The van der Waals surface area contributed by atoms with E-state index in [1.807, 2.05) is 12.1 Å². The minimum absolute atomic E-state index is 0.515. The molecule has 0 radical (unpaired) electrons. The van der Waals surface area contributed by atoms with Gasteiger partial charge in [0.15, 0.2) is 0 Å². The molecule has 0 aromatic heterocycles. The molecule has 3 heteroatoms. The van der Waals surface area contributed by atoms with Crippen LogP contribution in [-0.4, -0.2) is 13.3 Å². The molecule has 0 aliphatic carbocycles. The van der Waals surface area contributed by atoms with Gasteiger partial charge in [0.2, 0.25) is 0 Å². The number of nitrogens with zero attached hydrogens (tertiary/aromatic N) is 1. The Labute approximate surface area is 88.1 Å². The molecule has 1 aromatic carbocycles. The summed E-state index contributed by atoms with van der Waals surface area (Å²) in [5.74, 6) is 6.95. The van der Waals surface area contributed by atoms with Crippen molar-refractivity contribution in [2.75, 3.05) is 0 Å². The van der Waals surface area contributed by atoms with Crippen LogP contribution in [0.25, 0.3) is 0 Å². The molecule has 74 valence electrons. The predicted molar refractivity (Wildman–Crippen MR) is 62.0 cm³/mol. The molecule has 0 spiro atoms. The third-order valence-corrected chi connectivity index (χ3v) is 6.46. The molecule has 0 amide bonds. The van der Waals surface area contributed by atoms with E-state index in [9.17, 15) is 0 Å². The Balaban J connectivity index is 3.26. The summed E-state index contributed by atoms with van der Waals surface area (Å²) in [6.07, 6.45) is 0. The molecule has 2 nitrogen and oxygen atoms in total. The Morgan fingerprint density at radius 2 is 1.93 bits per heavy atom. The average Bonchev–Trinajstić information content (AvgIpc) is 2.15. The van der Waals surface area contributed by atoms with Crippen molar-refractivity contribution in [3.05, 3.63) is 29.3 Å². The van der Waals surface area contributed by atoms with E-state index in [0.29, 0.717) is 6.54 Å². The predicted octanol–water partition coefficient (Wildman–Crippen LogP) is 1.56. The second kappa shape index (κ2) is 4.16. The van der Waals surface area contributed by atoms with Gasteiger partial charge in [0.1, 0.15) is 0 Å². The van der Waals surface area contributed by atoms with E-state index in [1.54, 1.807) is 0 Å². The van der Waals surface area contributed by atoms with Gasteiger partial charge < -0.3 is 0 Å². The van der Waals surface area contributed by atoms with Crippen LogP contribution < -0.4 is 10.1 Å². The second-order valence-electron chi connectivity index (χ2n) is 4.48. The summed E-state index contributed by atoms with van der Waals surface area (Å²) in [6.45, 7) is 0.515. The fraction of sp³-hybridized carbons (Fsp3) is 0.364. The Kier molecular flexibility index (Phi) is 3.35. The van der Waals surface area contributed by atoms with Gasteiger partial charge >= 0.3 is 87.9 Å². The van der Waals surface area contributed by atoms with Crippen molar-refractivity contribution in [2.24, 2.45) is 5.73 Å². The van der Waals surface area contributed by atoms with Crippen molar-refractivity contribution in [1.29, 1.82) is 5.26 Å². The summed E-state index contributed by atoms with van der Waals surface area (Å²) in [6, 6.07) is 8.23. The van der Waals surface area contributed by atoms with Crippen LogP contribution in [-0.2, 0) is 6.54 Å². The molecule has 1 rings (SSSR count). The van der Waals surface area contributed by atoms with Gasteiger partial charge in [0.25, 0.3) is 0 Å². The molecule has 1 aromatic rings. The van der Waals surface area contributed by atoms with Gasteiger partial charge in [0, 0.05) is 0 Å². The first-order chi connectivity index (χ1) is 6.47. The van der Waals surface area contributed by atoms with Gasteiger partial charge in [-0.05, 0) is 0 Å². The van der Waals surface area contributed by atoms with Crippen LogP contribution in [0.5, 0.6) is 0 Å². The Bertz CT molecular complexity index is 372. The molecule has 0 heterocycles. The Morgan fingerprint density at radius 1 is 1.29 bits per heavy atom. The van der Waals surface area contributed by atoms with Crippen molar-refractivity contribution >= 4 is 17.7 Å². The molecule has 0 aliphatic rings. The van der Waals surface area contributed by atoms with E-state index in [1.165, 1.54) is 4.40 Å². The third-order valence-electron chi connectivity index (χ3n) is 2.22. The van der Waals surface area contributed by atoms with Gasteiger partial charge in [-0.25, -0.2) is 0 Å². The van der Waals surface area contributed by atoms with Crippen LogP contribution in [0, 0.1) is 11.3 Å². The van der Waals surface area contributed by atoms with Gasteiger partial charge in [0.05, 0.1) is 0 Å². The van der Waals surface area contributed by atoms with Crippen LogP contribution in [0.2, 0.25) is 17.3 Å². The fourth-order valence-corrected chi connectivity index (χ4v) is 3.84. The first-order valence-electron chi connectivity index (χ1n) is 4.72. The van der Waals surface area contributed by atoms with Crippen molar-refractivity contribution in [1.82, 2.24) is 0 Å². The molecular formula is C11H16GeN2. The average molecular weight is 249 g/mol. The molecule has 2 N–H and O–H groups in total. The van der Waals surface area contributed by atoms with Crippen molar-refractivity contribution in [2.45, 2.75) is 23.8 Å². The summed E-state index contributed by atoms with van der Waals surface area (Å²) in [5.41, 5.74) is 7.41. The van der Waals surface area contributed by atoms with Gasteiger partial charge in [-0.1, -0.05) is 0 Å².